The van der Waals surface area contributed by atoms with E-state index in [4.69, 9.17) is 4.74 Å². The van der Waals surface area contributed by atoms with Gasteiger partial charge >= 0.3 is 0 Å². The normalized spacial score (nSPS) is 21.7. The highest BCUT2D eigenvalue weighted by Crippen LogP contribution is 2.44. The average molecular weight is 295 g/mol. The van der Waals surface area contributed by atoms with Gasteiger partial charge in [-0.1, -0.05) is 0 Å². The minimum absolute atomic E-state index is 0.309. The van der Waals surface area contributed by atoms with Gasteiger partial charge in [-0.05, 0) is 24.5 Å². The summed E-state index contributed by atoms with van der Waals surface area (Å²) < 4.78 is 47.0. The first-order valence-electron chi connectivity index (χ1n) is 6.51. The molecule has 0 saturated carbocycles. The Morgan fingerprint density at radius 2 is 1.86 bits per heavy atom. The van der Waals surface area contributed by atoms with Crippen LogP contribution in [-0.4, -0.2) is 11.6 Å². The molecule has 6 heteroatoms. The number of benzene rings is 1. The molecule has 1 aliphatic rings. The van der Waals surface area contributed by atoms with Crippen molar-refractivity contribution in [1.82, 2.24) is 4.98 Å². The second-order valence-electron chi connectivity index (χ2n) is 4.97. The molecule has 21 heavy (non-hydrogen) atoms. The van der Waals surface area contributed by atoms with E-state index in [1.807, 2.05) is 0 Å². The number of H-pyrrole nitrogens is 1. The van der Waals surface area contributed by atoms with E-state index in [0.717, 1.165) is 0 Å². The minimum Gasteiger partial charge on any atom is -0.365 e. The molecule has 3 rings (SSSR count). The first-order chi connectivity index (χ1) is 10.0. The highest BCUT2D eigenvalue weighted by atomic mass is 19.1. The number of ether oxygens (including phenoxy) is 1. The molecule has 0 amide bonds. The molecule has 3 nitrogen and oxygen atoms in total. The molecule has 1 aliphatic heterocycles. The van der Waals surface area contributed by atoms with E-state index in [9.17, 15) is 18.0 Å². The monoisotopic (exact) mass is 295 g/mol. The van der Waals surface area contributed by atoms with Crippen LogP contribution in [0.2, 0.25) is 0 Å². The standard InChI is InChI=1S/C15H12F3NO2/c16-10-7-11(17)14(12(18)8-10)15(3-1-5-21-15)9-2-4-19-13(20)6-9/h2,4,6-8H,1,3,5H2,(H,19,20). The van der Waals surface area contributed by atoms with Crippen LogP contribution in [0.15, 0.2) is 35.3 Å². The lowest BCUT2D eigenvalue weighted by molar-refractivity contribution is 0.0297. The van der Waals surface area contributed by atoms with Gasteiger partial charge in [-0.15, -0.1) is 0 Å². The zero-order chi connectivity index (χ0) is 15.0. The molecule has 0 bridgehead atoms. The highest BCUT2D eigenvalue weighted by molar-refractivity contribution is 5.38. The third kappa shape index (κ3) is 2.25. The average Bonchev–Trinajstić information content (AvgIpc) is 2.88. The van der Waals surface area contributed by atoms with Crippen LogP contribution in [0, 0.1) is 17.5 Å². The number of pyridine rings is 1. The molecular weight excluding hydrogens is 283 g/mol. The van der Waals surface area contributed by atoms with E-state index < -0.39 is 28.6 Å². The number of halogens is 3. The summed E-state index contributed by atoms with van der Waals surface area (Å²) >= 11 is 0. The Bertz CT molecular complexity index is 713. The van der Waals surface area contributed by atoms with Gasteiger partial charge in [0.1, 0.15) is 23.1 Å². The van der Waals surface area contributed by atoms with Gasteiger partial charge in [0.25, 0.3) is 0 Å². The van der Waals surface area contributed by atoms with Crippen LogP contribution < -0.4 is 5.56 Å². The fourth-order valence-electron chi connectivity index (χ4n) is 2.83. The zero-order valence-corrected chi connectivity index (χ0v) is 11.0. The van der Waals surface area contributed by atoms with Gasteiger partial charge in [0, 0.05) is 31.0 Å². The van der Waals surface area contributed by atoms with Gasteiger partial charge in [0.15, 0.2) is 0 Å². The molecule has 0 radical (unpaired) electrons. The van der Waals surface area contributed by atoms with Crippen LogP contribution in [0.1, 0.15) is 24.0 Å². The summed E-state index contributed by atoms with van der Waals surface area (Å²) in [6.45, 7) is 0.309. The first kappa shape index (κ1) is 13.9. The van der Waals surface area contributed by atoms with Crippen molar-refractivity contribution in [3.8, 4) is 0 Å². The van der Waals surface area contributed by atoms with E-state index in [0.29, 0.717) is 37.1 Å². The Morgan fingerprint density at radius 3 is 2.43 bits per heavy atom. The molecule has 2 heterocycles. The molecule has 0 spiro atoms. The van der Waals surface area contributed by atoms with Crippen molar-refractivity contribution in [3.63, 3.8) is 0 Å². The Hall–Kier alpha value is -2.08. The van der Waals surface area contributed by atoms with E-state index in [1.165, 1.54) is 18.3 Å². The molecule has 0 aliphatic carbocycles. The largest absolute Gasteiger partial charge is 0.365 e. The SMILES string of the molecule is O=c1cc(C2(c3c(F)cc(F)cc3F)CCCO2)cc[nH]1. The lowest BCUT2D eigenvalue weighted by Gasteiger charge is -2.30. The lowest BCUT2D eigenvalue weighted by atomic mass is 9.83. The number of aromatic nitrogens is 1. The third-order valence-corrected chi connectivity index (χ3v) is 3.67. The maximum atomic E-state index is 14.1. The van der Waals surface area contributed by atoms with Crippen molar-refractivity contribution in [1.29, 1.82) is 0 Å². The summed E-state index contributed by atoms with van der Waals surface area (Å²) in [5, 5.41) is 0. The number of hydrogen-bond donors (Lipinski definition) is 1. The number of nitrogens with one attached hydrogen (secondary N) is 1. The van der Waals surface area contributed by atoms with Crippen LogP contribution in [0.5, 0.6) is 0 Å². The molecule has 1 aromatic carbocycles. The molecule has 1 atom stereocenters. The fraction of sp³-hybridized carbons (Fsp3) is 0.267. The molecule has 2 aromatic rings. The van der Waals surface area contributed by atoms with Gasteiger partial charge in [-0.3, -0.25) is 4.79 Å². The predicted molar refractivity (Wildman–Crippen MR) is 69.3 cm³/mol. The summed E-state index contributed by atoms with van der Waals surface area (Å²) in [7, 11) is 0. The Balaban J connectivity index is 2.26. The fourth-order valence-corrected chi connectivity index (χ4v) is 2.83. The Morgan fingerprint density at radius 1 is 1.14 bits per heavy atom. The molecule has 1 saturated heterocycles. The molecule has 1 fully saturated rings. The van der Waals surface area contributed by atoms with Crippen molar-refractivity contribution in [3.05, 3.63) is 69.4 Å². The quantitative estimate of drug-likeness (QED) is 0.925. The van der Waals surface area contributed by atoms with Crippen molar-refractivity contribution in [2.24, 2.45) is 0 Å². The minimum atomic E-state index is -1.39. The molecule has 1 N–H and O–H groups in total. The van der Waals surface area contributed by atoms with Gasteiger partial charge in [-0.25, -0.2) is 13.2 Å². The van der Waals surface area contributed by atoms with Crippen LogP contribution in [-0.2, 0) is 10.3 Å². The van der Waals surface area contributed by atoms with Crippen molar-refractivity contribution < 1.29 is 17.9 Å². The molecule has 1 aromatic heterocycles. The van der Waals surface area contributed by atoms with E-state index in [-0.39, 0.29) is 5.56 Å². The first-order valence-corrected chi connectivity index (χ1v) is 6.51. The third-order valence-electron chi connectivity index (χ3n) is 3.67. The molecule has 1 unspecified atom stereocenters. The van der Waals surface area contributed by atoms with Gasteiger partial charge in [0.05, 0.1) is 5.56 Å². The summed E-state index contributed by atoms with van der Waals surface area (Å²) in [6.07, 6.45) is 2.29. The van der Waals surface area contributed by atoms with Crippen LogP contribution in [0.4, 0.5) is 13.2 Å². The van der Waals surface area contributed by atoms with Gasteiger partial charge in [-0.2, -0.15) is 0 Å². The van der Waals surface area contributed by atoms with Crippen molar-refractivity contribution in [2.45, 2.75) is 18.4 Å². The van der Waals surface area contributed by atoms with Crippen LogP contribution >= 0.6 is 0 Å². The number of rotatable bonds is 2. The van der Waals surface area contributed by atoms with Crippen LogP contribution in [0.3, 0.4) is 0 Å². The second kappa shape index (κ2) is 5.04. The maximum Gasteiger partial charge on any atom is 0.248 e. The molecule has 110 valence electrons. The predicted octanol–water partition coefficient (Wildman–Crippen LogP) is 2.85. The molecular formula is C15H12F3NO2. The second-order valence-corrected chi connectivity index (χ2v) is 4.97. The van der Waals surface area contributed by atoms with Crippen molar-refractivity contribution in [2.75, 3.05) is 6.61 Å². The number of aromatic amines is 1. The summed E-state index contributed by atoms with van der Waals surface area (Å²) in [4.78, 5) is 13.9. The summed E-state index contributed by atoms with van der Waals surface area (Å²) in [5.74, 6) is -3.03. The topological polar surface area (TPSA) is 42.1 Å². The van der Waals surface area contributed by atoms with E-state index in [2.05, 4.69) is 4.98 Å². The zero-order valence-electron chi connectivity index (χ0n) is 11.0. The van der Waals surface area contributed by atoms with Crippen LogP contribution in [0.25, 0.3) is 0 Å². The lowest BCUT2D eigenvalue weighted by Crippen LogP contribution is -2.30. The highest BCUT2D eigenvalue weighted by Gasteiger charge is 2.43. The smallest absolute Gasteiger partial charge is 0.248 e. The summed E-state index contributed by atoms with van der Waals surface area (Å²) in [6, 6.07) is 4.02. The van der Waals surface area contributed by atoms with Crippen molar-refractivity contribution >= 4 is 0 Å². The Kier molecular flexibility index (Phi) is 3.33. The van der Waals surface area contributed by atoms with Gasteiger partial charge in [0.2, 0.25) is 5.56 Å². The maximum absolute atomic E-state index is 14.1. The summed E-state index contributed by atoms with van der Waals surface area (Å²) in [5.41, 5.74) is -1.79. The van der Waals surface area contributed by atoms with E-state index >= 15 is 0 Å². The van der Waals surface area contributed by atoms with E-state index in [1.54, 1.807) is 0 Å². The number of hydrogen-bond acceptors (Lipinski definition) is 2. The Labute approximate surface area is 118 Å². The van der Waals surface area contributed by atoms with Gasteiger partial charge < -0.3 is 9.72 Å².